The van der Waals surface area contributed by atoms with Gasteiger partial charge < -0.3 is 14.7 Å². The number of rotatable bonds is 6. The lowest BCUT2D eigenvalue weighted by Crippen LogP contribution is -2.26. The highest BCUT2D eigenvalue weighted by Crippen LogP contribution is 2.18. The smallest absolute Gasteiger partial charge is 0.356 e. The van der Waals surface area contributed by atoms with Gasteiger partial charge in [0.25, 0.3) is 0 Å². The Hall–Kier alpha value is -2.40. The molecule has 2 rings (SSSR count). The van der Waals surface area contributed by atoms with E-state index in [9.17, 15) is 9.90 Å². The molecule has 0 aliphatic carbocycles. The first-order chi connectivity index (χ1) is 10.2. The van der Waals surface area contributed by atoms with E-state index in [4.69, 9.17) is 0 Å². The number of hydrogen-bond donors (Lipinski definition) is 1. The summed E-state index contributed by atoms with van der Waals surface area (Å²) in [7, 11) is 1.33. The van der Waals surface area contributed by atoms with Crippen LogP contribution in [0.15, 0.2) is 48.7 Å². The van der Waals surface area contributed by atoms with Gasteiger partial charge in [0.1, 0.15) is 5.69 Å². The van der Waals surface area contributed by atoms with Crippen LogP contribution in [-0.2, 0) is 11.3 Å². The molecule has 0 aliphatic rings. The minimum absolute atomic E-state index is 0.0305. The molecule has 2 aromatic rings. The summed E-state index contributed by atoms with van der Waals surface area (Å²) in [6, 6.07) is 13.4. The Labute approximate surface area is 123 Å². The topological polar surface area (TPSA) is 62.7 Å². The van der Waals surface area contributed by atoms with Crippen molar-refractivity contribution in [3.05, 3.63) is 59.9 Å². The number of aromatic nitrogens is 1. The predicted octanol–water partition coefficient (Wildman–Crippen LogP) is 1.87. The number of carbonyl (C=O) groups excluding carboxylic acids is 1. The Morgan fingerprint density at radius 2 is 2.05 bits per heavy atom. The lowest BCUT2D eigenvalue weighted by Gasteiger charge is -2.24. The molecule has 5 heteroatoms. The molecule has 0 saturated heterocycles. The molecule has 0 spiro atoms. The number of esters is 1. The molecule has 0 amide bonds. The number of aliphatic hydroxyl groups is 1. The zero-order valence-electron chi connectivity index (χ0n) is 11.9. The van der Waals surface area contributed by atoms with Gasteiger partial charge in [0.05, 0.1) is 13.7 Å². The zero-order valence-corrected chi connectivity index (χ0v) is 11.9. The summed E-state index contributed by atoms with van der Waals surface area (Å²) in [5, 5.41) is 9.25. The van der Waals surface area contributed by atoms with E-state index in [0.29, 0.717) is 13.1 Å². The highest BCUT2D eigenvalue weighted by atomic mass is 16.5. The number of aliphatic hydroxyl groups excluding tert-OH is 1. The third kappa shape index (κ3) is 4.03. The first kappa shape index (κ1) is 15.0. The van der Waals surface area contributed by atoms with Crippen LogP contribution in [0.2, 0.25) is 0 Å². The maximum atomic E-state index is 11.6. The molecule has 0 atom stereocenters. The van der Waals surface area contributed by atoms with Crippen molar-refractivity contribution in [1.29, 1.82) is 0 Å². The molecular formula is C16H18N2O3. The minimum Gasteiger partial charge on any atom is -0.464 e. The minimum atomic E-state index is -0.472. The molecule has 1 N–H and O–H groups in total. The van der Waals surface area contributed by atoms with Gasteiger partial charge >= 0.3 is 5.97 Å². The summed E-state index contributed by atoms with van der Waals surface area (Å²) in [4.78, 5) is 17.5. The average molecular weight is 286 g/mol. The van der Waals surface area contributed by atoms with Crippen LogP contribution in [0.3, 0.4) is 0 Å². The summed E-state index contributed by atoms with van der Waals surface area (Å²) in [5.41, 5.74) is 2.21. The zero-order chi connectivity index (χ0) is 15.1. The van der Waals surface area contributed by atoms with Crippen LogP contribution < -0.4 is 4.90 Å². The predicted molar refractivity (Wildman–Crippen MR) is 80.2 cm³/mol. The van der Waals surface area contributed by atoms with Crippen molar-refractivity contribution in [2.75, 3.05) is 25.2 Å². The second-order valence-corrected chi connectivity index (χ2v) is 4.52. The monoisotopic (exact) mass is 286 g/mol. The van der Waals surface area contributed by atoms with Crippen molar-refractivity contribution in [1.82, 2.24) is 4.98 Å². The number of benzene rings is 1. The van der Waals surface area contributed by atoms with E-state index in [-0.39, 0.29) is 12.3 Å². The van der Waals surface area contributed by atoms with Crippen molar-refractivity contribution in [2.24, 2.45) is 0 Å². The van der Waals surface area contributed by atoms with Gasteiger partial charge in [-0.3, -0.25) is 0 Å². The van der Waals surface area contributed by atoms with E-state index in [1.165, 1.54) is 7.11 Å². The SMILES string of the molecule is COC(=O)c1cc(N(CCO)Cc2ccccc2)ccn1. The lowest BCUT2D eigenvalue weighted by atomic mass is 10.2. The fourth-order valence-corrected chi connectivity index (χ4v) is 2.06. The Morgan fingerprint density at radius 1 is 1.29 bits per heavy atom. The number of hydrogen-bond acceptors (Lipinski definition) is 5. The molecule has 110 valence electrons. The Balaban J connectivity index is 2.23. The molecule has 1 aromatic heterocycles. The maximum absolute atomic E-state index is 11.6. The van der Waals surface area contributed by atoms with Crippen LogP contribution in [-0.4, -0.2) is 36.3 Å². The van der Waals surface area contributed by atoms with Crippen molar-refractivity contribution in [2.45, 2.75) is 6.54 Å². The van der Waals surface area contributed by atoms with E-state index in [0.717, 1.165) is 11.3 Å². The molecule has 1 heterocycles. The number of methoxy groups -OCH3 is 1. The van der Waals surface area contributed by atoms with E-state index in [1.54, 1.807) is 12.3 Å². The number of nitrogens with zero attached hydrogens (tertiary/aromatic N) is 2. The number of carbonyl (C=O) groups is 1. The van der Waals surface area contributed by atoms with Crippen LogP contribution in [0.1, 0.15) is 16.1 Å². The molecule has 0 unspecified atom stereocenters. The molecular weight excluding hydrogens is 268 g/mol. The normalized spacial score (nSPS) is 10.2. The average Bonchev–Trinajstić information content (AvgIpc) is 2.55. The van der Waals surface area contributed by atoms with Crippen molar-refractivity contribution >= 4 is 11.7 Å². The van der Waals surface area contributed by atoms with Crippen LogP contribution in [0.25, 0.3) is 0 Å². The fourth-order valence-electron chi connectivity index (χ4n) is 2.06. The van der Waals surface area contributed by atoms with Gasteiger partial charge in [-0.05, 0) is 17.7 Å². The van der Waals surface area contributed by atoms with E-state index in [2.05, 4.69) is 9.72 Å². The van der Waals surface area contributed by atoms with Gasteiger partial charge in [0.15, 0.2) is 0 Å². The van der Waals surface area contributed by atoms with Gasteiger partial charge in [-0.15, -0.1) is 0 Å². The number of ether oxygens (including phenoxy) is 1. The molecule has 21 heavy (non-hydrogen) atoms. The van der Waals surface area contributed by atoms with Crippen LogP contribution in [0.5, 0.6) is 0 Å². The van der Waals surface area contributed by atoms with Crippen LogP contribution in [0, 0.1) is 0 Å². The molecule has 0 fully saturated rings. The molecule has 0 aliphatic heterocycles. The summed E-state index contributed by atoms with van der Waals surface area (Å²) in [6.45, 7) is 1.15. The van der Waals surface area contributed by atoms with Gasteiger partial charge in [0.2, 0.25) is 0 Å². The van der Waals surface area contributed by atoms with Crippen molar-refractivity contribution < 1.29 is 14.6 Å². The molecule has 0 bridgehead atoms. The number of anilines is 1. The molecule has 1 aromatic carbocycles. The highest BCUT2D eigenvalue weighted by molar-refractivity contribution is 5.88. The quantitative estimate of drug-likeness (QED) is 0.821. The van der Waals surface area contributed by atoms with Gasteiger partial charge in [-0.1, -0.05) is 30.3 Å². The molecule has 0 radical (unpaired) electrons. The van der Waals surface area contributed by atoms with Gasteiger partial charge in [0, 0.05) is 25.0 Å². The highest BCUT2D eigenvalue weighted by Gasteiger charge is 2.12. The molecule has 5 nitrogen and oxygen atoms in total. The number of pyridine rings is 1. The van der Waals surface area contributed by atoms with Crippen LogP contribution in [0.4, 0.5) is 5.69 Å². The summed E-state index contributed by atoms with van der Waals surface area (Å²) < 4.78 is 4.68. The lowest BCUT2D eigenvalue weighted by molar-refractivity contribution is 0.0594. The van der Waals surface area contributed by atoms with E-state index < -0.39 is 5.97 Å². The largest absolute Gasteiger partial charge is 0.464 e. The first-order valence-electron chi connectivity index (χ1n) is 6.68. The second kappa shape index (κ2) is 7.40. The standard InChI is InChI=1S/C16H18N2O3/c1-21-16(20)15-11-14(7-8-17-15)18(9-10-19)12-13-5-3-2-4-6-13/h2-8,11,19H,9-10,12H2,1H3. The Kier molecular flexibility index (Phi) is 5.29. The van der Waals surface area contributed by atoms with Crippen LogP contribution >= 0.6 is 0 Å². The van der Waals surface area contributed by atoms with Gasteiger partial charge in [-0.25, -0.2) is 9.78 Å². The molecule has 0 saturated carbocycles. The van der Waals surface area contributed by atoms with E-state index in [1.807, 2.05) is 41.3 Å². The Morgan fingerprint density at radius 3 is 2.71 bits per heavy atom. The third-order valence-electron chi connectivity index (χ3n) is 3.09. The second-order valence-electron chi connectivity index (χ2n) is 4.52. The maximum Gasteiger partial charge on any atom is 0.356 e. The summed E-state index contributed by atoms with van der Waals surface area (Å²) in [6.07, 6.45) is 1.57. The summed E-state index contributed by atoms with van der Waals surface area (Å²) >= 11 is 0. The van der Waals surface area contributed by atoms with Crippen molar-refractivity contribution in [3.8, 4) is 0 Å². The Bertz CT molecular complexity index is 587. The first-order valence-corrected chi connectivity index (χ1v) is 6.68. The van der Waals surface area contributed by atoms with Crippen molar-refractivity contribution in [3.63, 3.8) is 0 Å². The third-order valence-corrected chi connectivity index (χ3v) is 3.09. The summed E-state index contributed by atoms with van der Waals surface area (Å²) in [5.74, 6) is -0.472. The fraction of sp³-hybridized carbons (Fsp3) is 0.250. The van der Waals surface area contributed by atoms with E-state index >= 15 is 0 Å². The van der Waals surface area contributed by atoms with Gasteiger partial charge in [-0.2, -0.15) is 0 Å².